The number of likely N-dealkylation sites (tertiary alicyclic amines) is 1. The van der Waals surface area contributed by atoms with Gasteiger partial charge in [0.05, 0.1) is 0 Å². The maximum atomic E-state index is 11.5. The lowest BCUT2D eigenvalue weighted by atomic mass is 10.2. The van der Waals surface area contributed by atoms with Crippen molar-refractivity contribution in [2.75, 3.05) is 19.4 Å². The molecular weight excluding hydrogens is 306 g/mol. The van der Waals surface area contributed by atoms with Crippen molar-refractivity contribution in [2.45, 2.75) is 30.3 Å². The number of benzene rings is 2. The van der Waals surface area contributed by atoms with Gasteiger partial charge in [0.1, 0.15) is 12.4 Å². The summed E-state index contributed by atoms with van der Waals surface area (Å²) in [7, 11) is -0.906. The van der Waals surface area contributed by atoms with Crippen molar-refractivity contribution in [1.82, 2.24) is 4.90 Å². The van der Waals surface area contributed by atoms with Crippen LogP contribution in [0.2, 0.25) is 0 Å². The molecule has 0 N–H and O–H groups in total. The van der Waals surface area contributed by atoms with Gasteiger partial charge in [0, 0.05) is 34.5 Å². The van der Waals surface area contributed by atoms with Gasteiger partial charge in [-0.3, -0.25) is 9.11 Å². The first-order valence-electron chi connectivity index (χ1n) is 8.06. The summed E-state index contributed by atoms with van der Waals surface area (Å²) in [5.74, 6) is 0.939. The highest BCUT2D eigenvalue weighted by atomic mass is 32.2. The summed E-state index contributed by atoms with van der Waals surface area (Å²) in [5, 5.41) is 0. The third-order valence-corrected chi connectivity index (χ3v) is 5.26. The fourth-order valence-electron chi connectivity index (χ4n) is 3.02. The minimum atomic E-state index is -0.906. The molecule has 0 spiro atoms. The van der Waals surface area contributed by atoms with Crippen molar-refractivity contribution >= 4 is 10.8 Å². The van der Waals surface area contributed by atoms with Crippen molar-refractivity contribution < 1.29 is 8.95 Å². The van der Waals surface area contributed by atoms with E-state index in [2.05, 4.69) is 17.0 Å². The second-order valence-electron chi connectivity index (χ2n) is 5.99. The van der Waals surface area contributed by atoms with Gasteiger partial charge in [-0.2, -0.15) is 0 Å². The van der Waals surface area contributed by atoms with Crippen LogP contribution >= 0.6 is 0 Å². The number of hydrogen-bond donors (Lipinski definition) is 0. The van der Waals surface area contributed by atoms with Gasteiger partial charge in [-0.15, -0.1) is 0 Å². The van der Waals surface area contributed by atoms with E-state index in [0.717, 1.165) is 30.3 Å². The highest BCUT2D eigenvalue weighted by Gasteiger charge is 2.25. The summed E-state index contributed by atoms with van der Waals surface area (Å²) in [5.41, 5.74) is 1.27. The highest BCUT2D eigenvalue weighted by molar-refractivity contribution is 7.84. The Labute approximate surface area is 140 Å². The predicted molar refractivity (Wildman–Crippen MR) is 94.1 cm³/mol. The van der Waals surface area contributed by atoms with Crippen LogP contribution in [0.3, 0.4) is 0 Å². The Morgan fingerprint density at radius 3 is 2.57 bits per heavy atom. The summed E-state index contributed by atoms with van der Waals surface area (Å²) in [6.07, 6.45) is 4.12. The Kier molecular flexibility index (Phi) is 5.47. The maximum Gasteiger partial charge on any atom is 0.119 e. The lowest BCUT2D eigenvalue weighted by Crippen LogP contribution is -2.33. The summed E-state index contributed by atoms with van der Waals surface area (Å²) < 4.78 is 17.4. The number of ether oxygens (including phenoxy) is 1. The standard InChI is InChI=1S/C19H23NO2S/c1-23(21)19-11-9-16(10-12-19)14-20-13-5-6-17(20)15-22-18-7-3-2-4-8-18/h2-4,7-12,17H,5-6,13-15H2,1H3/t17-,23-/m1/s1. The molecule has 2 atom stereocenters. The van der Waals surface area contributed by atoms with E-state index in [1.165, 1.54) is 18.4 Å². The molecule has 2 aromatic carbocycles. The second kappa shape index (κ2) is 7.75. The van der Waals surface area contributed by atoms with E-state index in [0.29, 0.717) is 6.04 Å². The van der Waals surface area contributed by atoms with E-state index in [9.17, 15) is 4.21 Å². The first-order chi connectivity index (χ1) is 11.2. The Balaban J connectivity index is 1.57. The molecule has 3 rings (SSSR count). The molecule has 0 aliphatic carbocycles. The minimum Gasteiger partial charge on any atom is -0.492 e. The van der Waals surface area contributed by atoms with Crippen molar-refractivity contribution in [3.05, 3.63) is 60.2 Å². The van der Waals surface area contributed by atoms with Crippen LogP contribution in [0.1, 0.15) is 18.4 Å². The van der Waals surface area contributed by atoms with E-state index in [-0.39, 0.29) is 0 Å². The topological polar surface area (TPSA) is 29.5 Å². The molecular formula is C19H23NO2S. The molecule has 3 nitrogen and oxygen atoms in total. The summed E-state index contributed by atoms with van der Waals surface area (Å²) in [4.78, 5) is 3.38. The number of rotatable bonds is 6. The molecule has 1 heterocycles. The fourth-order valence-corrected chi connectivity index (χ4v) is 3.54. The molecule has 0 bridgehead atoms. The Bertz CT molecular complexity index is 642. The molecule has 0 radical (unpaired) electrons. The fraction of sp³-hybridized carbons (Fsp3) is 0.368. The molecule has 0 saturated carbocycles. The van der Waals surface area contributed by atoms with Gasteiger partial charge in [0.2, 0.25) is 0 Å². The quantitative estimate of drug-likeness (QED) is 0.813. The van der Waals surface area contributed by atoms with E-state index in [1.54, 1.807) is 6.26 Å². The zero-order valence-electron chi connectivity index (χ0n) is 13.5. The van der Waals surface area contributed by atoms with Gasteiger partial charge < -0.3 is 4.74 Å². The first kappa shape index (κ1) is 16.2. The average molecular weight is 329 g/mol. The van der Waals surface area contributed by atoms with Crippen molar-refractivity contribution in [3.63, 3.8) is 0 Å². The summed E-state index contributed by atoms with van der Waals surface area (Å²) in [6, 6.07) is 18.6. The lowest BCUT2D eigenvalue weighted by molar-refractivity contribution is 0.167. The maximum absolute atomic E-state index is 11.5. The summed E-state index contributed by atoms with van der Waals surface area (Å²) >= 11 is 0. The summed E-state index contributed by atoms with van der Waals surface area (Å²) in [6.45, 7) is 2.78. The minimum absolute atomic E-state index is 0.468. The SMILES string of the molecule is C[S@@](=O)c1ccc(CN2CCC[C@@H]2COc2ccccc2)cc1. The molecule has 1 saturated heterocycles. The van der Waals surface area contributed by atoms with Crippen molar-refractivity contribution in [2.24, 2.45) is 0 Å². The Morgan fingerprint density at radius 1 is 1.13 bits per heavy atom. The smallest absolute Gasteiger partial charge is 0.119 e. The van der Waals surface area contributed by atoms with Crippen LogP contribution in [0.25, 0.3) is 0 Å². The Hall–Kier alpha value is -1.65. The van der Waals surface area contributed by atoms with Gasteiger partial charge in [-0.05, 0) is 49.2 Å². The van der Waals surface area contributed by atoms with Crippen LogP contribution in [0.4, 0.5) is 0 Å². The molecule has 23 heavy (non-hydrogen) atoms. The van der Waals surface area contributed by atoms with Crippen LogP contribution in [-0.2, 0) is 17.3 Å². The largest absolute Gasteiger partial charge is 0.492 e. The van der Waals surface area contributed by atoms with E-state index < -0.39 is 10.8 Å². The van der Waals surface area contributed by atoms with Gasteiger partial charge in [-0.25, -0.2) is 0 Å². The molecule has 1 fully saturated rings. The Morgan fingerprint density at radius 2 is 1.87 bits per heavy atom. The van der Waals surface area contributed by atoms with Crippen LogP contribution < -0.4 is 4.74 Å². The van der Waals surface area contributed by atoms with Crippen LogP contribution in [0, 0.1) is 0 Å². The van der Waals surface area contributed by atoms with Crippen LogP contribution in [-0.4, -0.2) is 34.6 Å². The van der Waals surface area contributed by atoms with Crippen LogP contribution in [0.15, 0.2) is 59.5 Å². The van der Waals surface area contributed by atoms with Gasteiger partial charge in [0.15, 0.2) is 0 Å². The number of para-hydroxylation sites is 1. The van der Waals surface area contributed by atoms with Crippen molar-refractivity contribution in [1.29, 1.82) is 0 Å². The molecule has 1 aliphatic rings. The van der Waals surface area contributed by atoms with E-state index in [1.807, 2.05) is 42.5 Å². The van der Waals surface area contributed by atoms with E-state index in [4.69, 9.17) is 4.74 Å². The molecule has 0 aromatic heterocycles. The van der Waals surface area contributed by atoms with Gasteiger partial charge >= 0.3 is 0 Å². The molecule has 1 aliphatic heterocycles. The number of nitrogens with zero attached hydrogens (tertiary/aromatic N) is 1. The molecule has 122 valence electrons. The van der Waals surface area contributed by atoms with Gasteiger partial charge in [0.25, 0.3) is 0 Å². The molecule has 4 heteroatoms. The average Bonchev–Trinajstić information content (AvgIpc) is 3.01. The third kappa shape index (κ3) is 4.43. The highest BCUT2D eigenvalue weighted by Crippen LogP contribution is 2.22. The molecule has 0 amide bonds. The third-order valence-electron chi connectivity index (χ3n) is 4.33. The van der Waals surface area contributed by atoms with Crippen LogP contribution in [0.5, 0.6) is 5.75 Å². The zero-order chi connectivity index (χ0) is 16.1. The predicted octanol–water partition coefficient (Wildman–Crippen LogP) is 3.47. The second-order valence-corrected chi connectivity index (χ2v) is 7.37. The number of hydrogen-bond acceptors (Lipinski definition) is 3. The molecule has 0 unspecified atom stereocenters. The zero-order valence-corrected chi connectivity index (χ0v) is 14.3. The van der Waals surface area contributed by atoms with Gasteiger partial charge in [-0.1, -0.05) is 30.3 Å². The van der Waals surface area contributed by atoms with E-state index >= 15 is 0 Å². The first-order valence-corrected chi connectivity index (χ1v) is 9.62. The normalized spacial score (nSPS) is 19.6. The lowest BCUT2D eigenvalue weighted by Gasteiger charge is -2.24. The molecule has 2 aromatic rings. The van der Waals surface area contributed by atoms with Crippen molar-refractivity contribution in [3.8, 4) is 5.75 Å². The monoisotopic (exact) mass is 329 g/mol.